The van der Waals surface area contributed by atoms with Gasteiger partial charge in [0.1, 0.15) is 5.00 Å². The summed E-state index contributed by atoms with van der Waals surface area (Å²) in [7, 11) is 0. The number of unbranched alkanes of at least 4 members (excludes halogenated alkanes) is 2. The van der Waals surface area contributed by atoms with Gasteiger partial charge in [-0.05, 0) is 18.9 Å². The Labute approximate surface area is 101 Å². The number of carbonyl (C=O) groups excluding carboxylic acids is 1. The van der Waals surface area contributed by atoms with Crippen LogP contribution in [0.1, 0.15) is 48.5 Å². The topological polar surface area (TPSA) is 29.1 Å². The van der Waals surface area contributed by atoms with Crippen molar-refractivity contribution in [3.05, 3.63) is 35.4 Å². The molecule has 1 amide bonds. The molecule has 0 aliphatic carbocycles. The number of alkyl halides is 1. The molecule has 16 heavy (non-hydrogen) atoms. The second-order valence-corrected chi connectivity index (χ2v) is 4.90. The molecule has 2 nitrogen and oxygen atoms in total. The molecule has 86 valence electrons. The molecule has 3 heteroatoms. The van der Waals surface area contributed by atoms with E-state index in [4.69, 9.17) is 11.6 Å². The summed E-state index contributed by atoms with van der Waals surface area (Å²) in [5.74, 6) is -0.0536. The largest absolute Gasteiger partial charge is 0.329 e. The van der Waals surface area contributed by atoms with Crippen molar-refractivity contribution in [3.8, 4) is 0 Å². The van der Waals surface area contributed by atoms with Crippen molar-refractivity contribution in [1.82, 2.24) is 5.32 Å². The molecule has 1 N–H and O–H groups in total. The molecule has 2 rings (SSSR count). The van der Waals surface area contributed by atoms with Crippen LogP contribution in [0.5, 0.6) is 0 Å². The highest BCUT2D eigenvalue weighted by Crippen LogP contribution is 2.38. The van der Waals surface area contributed by atoms with Crippen LogP contribution >= 0.6 is 11.6 Å². The Bertz CT molecular complexity index is 405. The Kier molecular flexibility index (Phi) is 3.20. The van der Waals surface area contributed by atoms with Gasteiger partial charge in [-0.25, -0.2) is 0 Å². The highest BCUT2D eigenvalue weighted by molar-refractivity contribution is 6.27. The summed E-state index contributed by atoms with van der Waals surface area (Å²) >= 11 is 6.50. The fourth-order valence-electron chi connectivity index (χ4n) is 2.16. The van der Waals surface area contributed by atoms with Gasteiger partial charge in [0.05, 0.1) is 0 Å². The van der Waals surface area contributed by atoms with E-state index in [1.807, 2.05) is 24.3 Å². The predicted molar refractivity (Wildman–Crippen MR) is 65.6 cm³/mol. The zero-order chi connectivity index (χ0) is 11.6. The molecular weight excluding hydrogens is 222 g/mol. The van der Waals surface area contributed by atoms with Crippen molar-refractivity contribution in [1.29, 1.82) is 0 Å². The molecule has 1 aromatic carbocycles. The fourth-order valence-corrected chi connectivity index (χ4v) is 2.54. The number of hydrogen-bond donors (Lipinski definition) is 1. The minimum absolute atomic E-state index is 0.0536. The van der Waals surface area contributed by atoms with E-state index in [9.17, 15) is 4.79 Å². The second-order valence-electron chi connectivity index (χ2n) is 4.26. The van der Waals surface area contributed by atoms with Gasteiger partial charge >= 0.3 is 0 Å². The van der Waals surface area contributed by atoms with Gasteiger partial charge in [-0.15, -0.1) is 0 Å². The SMILES string of the molecule is CCCCCC1(Cl)NC(=O)c2ccccc21. The molecule has 1 unspecified atom stereocenters. The summed E-state index contributed by atoms with van der Waals surface area (Å²) < 4.78 is 0. The van der Waals surface area contributed by atoms with Gasteiger partial charge < -0.3 is 5.32 Å². The normalized spacial score (nSPS) is 23.0. The van der Waals surface area contributed by atoms with Crippen LogP contribution in [0.4, 0.5) is 0 Å². The van der Waals surface area contributed by atoms with Crippen LogP contribution in [-0.4, -0.2) is 5.91 Å². The van der Waals surface area contributed by atoms with Crippen molar-refractivity contribution >= 4 is 17.5 Å². The van der Waals surface area contributed by atoms with Crippen LogP contribution in [0, 0.1) is 0 Å². The van der Waals surface area contributed by atoms with Gasteiger partial charge in [0.25, 0.3) is 5.91 Å². The van der Waals surface area contributed by atoms with Gasteiger partial charge in [-0.1, -0.05) is 49.6 Å². The van der Waals surface area contributed by atoms with Crippen LogP contribution < -0.4 is 5.32 Å². The third kappa shape index (κ3) is 1.94. The van der Waals surface area contributed by atoms with Gasteiger partial charge in [0.2, 0.25) is 0 Å². The maximum atomic E-state index is 11.7. The van der Waals surface area contributed by atoms with E-state index in [1.165, 1.54) is 0 Å². The van der Waals surface area contributed by atoms with Crippen molar-refractivity contribution in [2.24, 2.45) is 0 Å². The van der Waals surface area contributed by atoms with Crippen molar-refractivity contribution in [3.63, 3.8) is 0 Å². The van der Waals surface area contributed by atoms with Crippen LogP contribution in [-0.2, 0) is 5.00 Å². The second kappa shape index (κ2) is 4.46. The number of hydrogen-bond acceptors (Lipinski definition) is 1. The lowest BCUT2D eigenvalue weighted by molar-refractivity contribution is 0.0947. The Morgan fingerprint density at radius 2 is 2.06 bits per heavy atom. The van der Waals surface area contributed by atoms with Crippen LogP contribution in [0.25, 0.3) is 0 Å². The highest BCUT2D eigenvalue weighted by atomic mass is 35.5. The fraction of sp³-hybridized carbons (Fsp3) is 0.462. The number of carbonyl (C=O) groups is 1. The lowest BCUT2D eigenvalue weighted by atomic mass is 9.99. The monoisotopic (exact) mass is 237 g/mol. The molecule has 0 aromatic heterocycles. The number of nitrogens with one attached hydrogen (secondary N) is 1. The first-order chi connectivity index (χ1) is 7.67. The third-order valence-electron chi connectivity index (χ3n) is 3.04. The minimum atomic E-state index is -0.678. The first kappa shape index (κ1) is 11.5. The molecule has 1 atom stereocenters. The van der Waals surface area contributed by atoms with E-state index in [0.29, 0.717) is 5.56 Å². The Morgan fingerprint density at radius 1 is 1.31 bits per heavy atom. The number of benzene rings is 1. The molecule has 0 fully saturated rings. The van der Waals surface area contributed by atoms with E-state index < -0.39 is 5.00 Å². The standard InChI is InChI=1S/C13H16ClNO/c1-2-3-6-9-13(14)11-8-5-4-7-10(11)12(16)15-13/h4-5,7-8H,2-3,6,9H2,1H3,(H,15,16). The van der Waals surface area contributed by atoms with Gasteiger partial charge in [-0.2, -0.15) is 0 Å². The molecule has 0 radical (unpaired) electrons. The van der Waals surface area contributed by atoms with Gasteiger partial charge in [0.15, 0.2) is 0 Å². The number of halogens is 1. The zero-order valence-corrected chi connectivity index (χ0v) is 10.2. The minimum Gasteiger partial charge on any atom is -0.329 e. The summed E-state index contributed by atoms with van der Waals surface area (Å²) in [5, 5.41) is 2.88. The summed E-state index contributed by atoms with van der Waals surface area (Å²) in [6.45, 7) is 2.15. The van der Waals surface area contributed by atoms with E-state index in [-0.39, 0.29) is 5.91 Å². The Hall–Kier alpha value is -1.02. The van der Waals surface area contributed by atoms with E-state index >= 15 is 0 Å². The van der Waals surface area contributed by atoms with Gasteiger partial charge in [-0.3, -0.25) is 4.79 Å². The molecule has 0 spiro atoms. The molecule has 1 aromatic rings. The maximum absolute atomic E-state index is 11.7. The van der Waals surface area contributed by atoms with Crippen molar-refractivity contribution in [2.45, 2.75) is 37.6 Å². The van der Waals surface area contributed by atoms with E-state index in [1.54, 1.807) is 0 Å². The van der Waals surface area contributed by atoms with Crippen LogP contribution in [0.15, 0.2) is 24.3 Å². The summed E-state index contributed by atoms with van der Waals surface area (Å²) in [6, 6.07) is 7.56. The van der Waals surface area contributed by atoms with E-state index in [0.717, 1.165) is 31.2 Å². The number of rotatable bonds is 4. The molecular formula is C13H16ClNO. The Balaban J connectivity index is 2.21. The van der Waals surface area contributed by atoms with Crippen molar-refractivity contribution in [2.75, 3.05) is 0 Å². The van der Waals surface area contributed by atoms with Crippen LogP contribution in [0.2, 0.25) is 0 Å². The maximum Gasteiger partial charge on any atom is 0.253 e. The lowest BCUT2D eigenvalue weighted by Gasteiger charge is -2.22. The molecule has 0 saturated heterocycles. The summed E-state index contributed by atoms with van der Waals surface area (Å²) in [5.41, 5.74) is 1.65. The molecule has 1 aliphatic rings. The molecule has 0 bridgehead atoms. The number of fused-ring (bicyclic) bond motifs is 1. The first-order valence-electron chi connectivity index (χ1n) is 5.78. The zero-order valence-electron chi connectivity index (χ0n) is 9.42. The third-order valence-corrected chi connectivity index (χ3v) is 3.52. The van der Waals surface area contributed by atoms with Crippen molar-refractivity contribution < 1.29 is 4.79 Å². The summed E-state index contributed by atoms with van der Waals surface area (Å²) in [4.78, 5) is 11.0. The lowest BCUT2D eigenvalue weighted by Crippen LogP contribution is -2.33. The predicted octanol–water partition coefficient (Wildman–Crippen LogP) is 3.40. The average Bonchev–Trinajstić information content (AvgIpc) is 2.53. The number of amides is 1. The average molecular weight is 238 g/mol. The van der Waals surface area contributed by atoms with E-state index in [2.05, 4.69) is 12.2 Å². The first-order valence-corrected chi connectivity index (χ1v) is 6.16. The smallest absolute Gasteiger partial charge is 0.253 e. The molecule has 1 aliphatic heterocycles. The summed E-state index contributed by atoms with van der Waals surface area (Å²) in [6.07, 6.45) is 4.13. The molecule has 1 heterocycles. The molecule has 0 saturated carbocycles. The van der Waals surface area contributed by atoms with Crippen LogP contribution in [0.3, 0.4) is 0 Å². The highest BCUT2D eigenvalue weighted by Gasteiger charge is 2.40. The van der Waals surface area contributed by atoms with Gasteiger partial charge in [0, 0.05) is 11.1 Å². The Morgan fingerprint density at radius 3 is 2.81 bits per heavy atom. The quantitative estimate of drug-likeness (QED) is 0.485.